The Hall–Kier alpha value is -2.35. The average Bonchev–Trinajstić information content (AvgIpc) is 3.37. The molecule has 0 radical (unpaired) electrons. The van der Waals surface area contributed by atoms with Gasteiger partial charge >= 0.3 is 0 Å². The molecule has 5 rings (SSSR count). The highest BCUT2D eigenvalue weighted by atomic mass is 32.1. The summed E-state index contributed by atoms with van der Waals surface area (Å²) in [6, 6.07) is 16.3. The van der Waals surface area contributed by atoms with E-state index in [9.17, 15) is 4.79 Å². The molecule has 7 heteroatoms. The molecule has 3 heterocycles. The molecule has 4 aromatic rings. The van der Waals surface area contributed by atoms with Crippen LogP contribution in [0.25, 0.3) is 20.4 Å². The molecule has 0 spiro atoms. The summed E-state index contributed by atoms with van der Waals surface area (Å²) in [5.41, 5.74) is 1.99. The van der Waals surface area contributed by atoms with Crippen LogP contribution in [0.2, 0.25) is 0 Å². The second-order valence-electron chi connectivity index (χ2n) is 7.19. The maximum atomic E-state index is 12.9. The normalized spacial score (nSPS) is 17.2. The number of para-hydroxylation sites is 2. The molecule has 2 aromatic heterocycles. The Bertz CT molecular complexity index is 1090. The summed E-state index contributed by atoms with van der Waals surface area (Å²) >= 11 is 3.31. The first-order valence-electron chi connectivity index (χ1n) is 9.85. The Labute approximate surface area is 177 Å². The van der Waals surface area contributed by atoms with E-state index in [1.807, 2.05) is 41.3 Å². The van der Waals surface area contributed by atoms with Crippen LogP contribution in [0.1, 0.15) is 35.3 Å². The van der Waals surface area contributed by atoms with E-state index in [1.165, 1.54) is 4.70 Å². The van der Waals surface area contributed by atoms with Crippen molar-refractivity contribution in [3.63, 3.8) is 0 Å². The van der Waals surface area contributed by atoms with Crippen LogP contribution in [0.3, 0.4) is 0 Å². The summed E-state index contributed by atoms with van der Waals surface area (Å²) in [6.07, 6.45) is 3.12. The Morgan fingerprint density at radius 3 is 2.48 bits per heavy atom. The van der Waals surface area contributed by atoms with E-state index in [0.717, 1.165) is 51.6 Å². The van der Waals surface area contributed by atoms with Gasteiger partial charge in [-0.2, -0.15) is 0 Å². The first kappa shape index (κ1) is 18.7. The van der Waals surface area contributed by atoms with Crippen LogP contribution in [-0.4, -0.2) is 33.9 Å². The van der Waals surface area contributed by atoms with Crippen molar-refractivity contribution in [2.24, 2.45) is 0 Å². The zero-order valence-electron chi connectivity index (χ0n) is 15.9. The standard InChI is InChI=1S/C22H21N3O2S2/c26-21(14-27-13-20-23-15-7-1-3-10-18(15)28-20)25-12-6-5-9-17(25)22-24-16-8-2-4-11-19(16)29-22/h1-4,7-8,10-11,17H,5-6,9,12-14H2. The number of nitrogens with zero attached hydrogens (tertiary/aromatic N) is 3. The van der Waals surface area contributed by atoms with Crippen molar-refractivity contribution in [1.82, 2.24) is 14.9 Å². The molecule has 1 unspecified atom stereocenters. The predicted molar refractivity (Wildman–Crippen MR) is 117 cm³/mol. The van der Waals surface area contributed by atoms with Crippen LogP contribution in [0, 0.1) is 0 Å². The van der Waals surface area contributed by atoms with Crippen LogP contribution in [0.15, 0.2) is 48.5 Å². The summed E-state index contributed by atoms with van der Waals surface area (Å²) in [5.74, 6) is 0.0371. The number of piperidine rings is 1. The predicted octanol–water partition coefficient (Wildman–Crippen LogP) is 5.18. The highest BCUT2D eigenvalue weighted by Crippen LogP contribution is 2.35. The van der Waals surface area contributed by atoms with Gasteiger partial charge < -0.3 is 9.64 Å². The zero-order chi connectivity index (χ0) is 19.6. The Kier molecular flexibility index (Phi) is 5.26. The summed E-state index contributed by atoms with van der Waals surface area (Å²) in [4.78, 5) is 24.2. The third kappa shape index (κ3) is 3.90. The zero-order valence-corrected chi connectivity index (χ0v) is 17.5. The summed E-state index contributed by atoms with van der Waals surface area (Å²) < 4.78 is 8.06. The van der Waals surface area contributed by atoms with Gasteiger partial charge in [0.05, 0.1) is 33.1 Å². The number of rotatable bonds is 5. The van der Waals surface area contributed by atoms with Gasteiger partial charge in [0.15, 0.2) is 0 Å². The molecule has 0 saturated carbocycles. The minimum atomic E-state index is 0.0371. The Morgan fingerprint density at radius 2 is 1.72 bits per heavy atom. The Balaban J connectivity index is 1.25. The summed E-state index contributed by atoms with van der Waals surface area (Å²) in [5, 5.41) is 1.94. The molecule has 1 amide bonds. The van der Waals surface area contributed by atoms with Gasteiger partial charge in [-0.15, -0.1) is 22.7 Å². The molecule has 1 fully saturated rings. The number of hydrogen-bond acceptors (Lipinski definition) is 6. The van der Waals surface area contributed by atoms with E-state index in [0.29, 0.717) is 6.61 Å². The van der Waals surface area contributed by atoms with Crippen LogP contribution in [0.4, 0.5) is 0 Å². The SMILES string of the molecule is O=C(COCc1nc2ccccc2s1)N1CCCCC1c1nc2ccccc2s1. The minimum absolute atomic E-state index is 0.0371. The van der Waals surface area contributed by atoms with E-state index < -0.39 is 0 Å². The molecule has 1 saturated heterocycles. The maximum Gasteiger partial charge on any atom is 0.249 e. The fourth-order valence-corrected chi connectivity index (χ4v) is 5.83. The van der Waals surface area contributed by atoms with E-state index in [1.54, 1.807) is 22.7 Å². The molecule has 1 aliphatic heterocycles. The molecule has 29 heavy (non-hydrogen) atoms. The van der Waals surface area contributed by atoms with E-state index in [4.69, 9.17) is 9.72 Å². The first-order chi connectivity index (χ1) is 14.3. The van der Waals surface area contributed by atoms with Crippen molar-refractivity contribution in [3.05, 3.63) is 58.5 Å². The maximum absolute atomic E-state index is 12.9. The molecule has 0 bridgehead atoms. The van der Waals surface area contributed by atoms with Gasteiger partial charge in [-0.25, -0.2) is 9.97 Å². The molecular weight excluding hydrogens is 402 g/mol. The van der Waals surface area contributed by atoms with Crippen LogP contribution in [0.5, 0.6) is 0 Å². The fourth-order valence-electron chi connectivity index (χ4n) is 3.81. The lowest BCUT2D eigenvalue weighted by Gasteiger charge is -2.34. The van der Waals surface area contributed by atoms with E-state index in [-0.39, 0.29) is 18.6 Å². The van der Waals surface area contributed by atoms with E-state index >= 15 is 0 Å². The van der Waals surface area contributed by atoms with Gasteiger partial charge in [0, 0.05) is 6.54 Å². The van der Waals surface area contributed by atoms with Crippen molar-refractivity contribution in [2.45, 2.75) is 31.9 Å². The number of aromatic nitrogens is 2. The van der Waals surface area contributed by atoms with Crippen LogP contribution >= 0.6 is 22.7 Å². The van der Waals surface area contributed by atoms with E-state index in [2.05, 4.69) is 17.1 Å². The van der Waals surface area contributed by atoms with Gasteiger partial charge in [-0.1, -0.05) is 24.3 Å². The molecule has 0 aliphatic carbocycles. The van der Waals surface area contributed by atoms with Crippen LogP contribution in [-0.2, 0) is 16.1 Å². The molecule has 148 valence electrons. The lowest BCUT2D eigenvalue weighted by atomic mass is 10.0. The molecule has 0 N–H and O–H groups in total. The quantitative estimate of drug-likeness (QED) is 0.444. The van der Waals surface area contributed by atoms with Crippen molar-refractivity contribution >= 4 is 49.0 Å². The Morgan fingerprint density at radius 1 is 1.00 bits per heavy atom. The summed E-state index contributed by atoms with van der Waals surface area (Å²) in [6.45, 7) is 1.21. The van der Waals surface area contributed by atoms with Gasteiger partial charge in [-0.3, -0.25) is 4.79 Å². The van der Waals surface area contributed by atoms with Crippen molar-refractivity contribution in [2.75, 3.05) is 13.2 Å². The smallest absolute Gasteiger partial charge is 0.249 e. The highest BCUT2D eigenvalue weighted by Gasteiger charge is 2.30. The highest BCUT2D eigenvalue weighted by molar-refractivity contribution is 7.18. The lowest BCUT2D eigenvalue weighted by Crippen LogP contribution is -2.40. The monoisotopic (exact) mass is 423 g/mol. The fraction of sp³-hybridized carbons (Fsp3) is 0.318. The van der Waals surface area contributed by atoms with Crippen molar-refractivity contribution < 1.29 is 9.53 Å². The largest absolute Gasteiger partial charge is 0.364 e. The van der Waals surface area contributed by atoms with Gasteiger partial charge in [0.2, 0.25) is 5.91 Å². The second kappa shape index (κ2) is 8.18. The lowest BCUT2D eigenvalue weighted by molar-refractivity contribution is -0.140. The number of hydrogen-bond donors (Lipinski definition) is 0. The number of carbonyl (C=O) groups excluding carboxylic acids is 1. The number of ether oxygens (including phenoxy) is 1. The molecule has 5 nitrogen and oxygen atoms in total. The van der Waals surface area contributed by atoms with Crippen LogP contribution < -0.4 is 0 Å². The van der Waals surface area contributed by atoms with Gasteiger partial charge in [0.25, 0.3) is 0 Å². The molecular formula is C22H21N3O2S2. The second-order valence-corrected chi connectivity index (χ2v) is 9.36. The molecule has 1 aliphatic rings. The molecule has 2 aromatic carbocycles. The number of fused-ring (bicyclic) bond motifs is 2. The molecule has 1 atom stereocenters. The van der Waals surface area contributed by atoms with Gasteiger partial charge in [0.1, 0.15) is 16.6 Å². The third-order valence-electron chi connectivity index (χ3n) is 5.21. The number of thiazole rings is 2. The average molecular weight is 424 g/mol. The number of benzene rings is 2. The summed E-state index contributed by atoms with van der Waals surface area (Å²) in [7, 11) is 0. The third-order valence-corrected chi connectivity index (χ3v) is 7.36. The van der Waals surface area contributed by atoms with Gasteiger partial charge in [-0.05, 0) is 43.5 Å². The van der Waals surface area contributed by atoms with Crippen molar-refractivity contribution in [1.29, 1.82) is 0 Å². The number of amides is 1. The topological polar surface area (TPSA) is 55.3 Å². The number of carbonyl (C=O) groups is 1. The number of likely N-dealkylation sites (tertiary alicyclic amines) is 1. The van der Waals surface area contributed by atoms with Crippen molar-refractivity contribution in [3.8, 4) is 0 Å². The minimum Gasteiger partial charge on any atom is -0.364 e. The first-order valence-corrected chi connectivity index (χ1v) is 11.5.